The predicted molar refractivity (Wildman–Crippen MR) is 62.9 cm³/mol. The van der Waals surface area contributed by atoms with E-state index < -0.39 is 0 Å². The van der Waals surface area contributed by atoms with Crippen molar-refractivity contribution in [1.29, 1.82) is 0 Å². The fourth-order valence-electron chi connectivity index (χ4n) is 1.39. The Morgan fingerprint density at radius 3 is 2.75 bits per heavy atom. The Kier molecular flexibility index (Phi) is 3.12. The van der Waals surface area contributed by atoms with Crippen LogP contribution >= 0.6 is 11.6 Å². The van der Waals surface area contributed by atoms with E-state index in [9.17, 15) is 0 Å². The van der Waals surface area contributed by atoms with Crippen molar-refractivity contribution < 1.29 is 0 Å². The Labute approximate surface area is 98.5 Å². The van der Waals surface area contributed by atoms with Crippen LogP contribution in [-0.4, -0.2) is 15.0 Å². The van der Waals surface area contributed by atoms with Crippen LogP contribution in [0.2, 0.25) is 5.02 Å². The summed E-state index contributed by atoms with van der Waals surface area (Å²) in [7, 11) is 0. The van der Waals surface area contributed by atoms with Gasteiger partial charge in [0, 0.05) is 10.6 Å². The Hall–Kier alpha value is -1.52. The highest BCUT2D eigenvalue weighted by molar-refractivity contribution is 6.30. The largest absolute Gasteiger partial charge is 0.324 e. The Bertz CT molecular complexity index is 513. The first-order chi connectivity index (χ1) is 7.69. The SMILES string of the molecule is Cc1nc(CN)nc(-c2cccc(Cl)c2)n1. The Morgan fingerprint density at radius 2 is 2.06 bits per heavy atom. The Morgan fingerprint density at radius 1 is 1.25 bits per heavy atom. The van der Waals surface area contributed by atoms with E-state index in [1.54, 1.807) is 0 Å². The number of nitrogens with zero attached hydrogens (tertiary/aromatic N) is 3. The summed E-state index contributed by atoms with van der Waals surface area (Å²) in [5.41, 5.74) is 6.38. The molecule has 1 heterocycles. The molecule has 0 saturated heterocycles. The first-order valence-electron chi connectivity index (χ1n) is 4.86. The van der Waals surface area contributed by atoms with Crippen LogP contribution in [0.4, 0.5) is 0 Å². The topological polar surface area (TPSA) is 64.7 Å². The zero-order valence-electron chi connectivity index (χ0n) is 8.81. The molecule has 0 saturated carbocycles. The summed E-state index contributed by atoms with van der Waals surface area (Å²) in [4.78, 5) is 12.6. The molecular formula is C11H11ClN4. The summed E-state index contributed by atoms with van der Waals surface area (Å²) in [6, 6.07) is 7.39. The molecule has 0 aliphatic heterocycles. The van der Waals surface area contributed by atoms with Crippen molar-refractivity contribution in [3.63, 3.8) is 0 Å². The first kappa shape index (κ1) is 11.0. The molecule has 1 aromatic carbocycles. The molecule has 0 aliphatic rings. The lowest BCUT2D eigenvalue weighted by molar-refractivity contribution is 0.851. The maximum Gasteiger partial charge on any atom is 0.163 e. The van der Waals surface area contributed by atoms with Gasteiger partial charge in [-0.3, -0.25) is 0 Å². The summed E-state index contributed by atoms with van der Waals surface area (Å²) in [6.07, 6.45) is 0. The molecule has 0 fully saturated rings. The first-order valence-corrected chi connectivity index (χ1v) is 5.24. The maximum atomic E-state index is 5.91. The molecule has 82 valence electrons. The molecule has 2 rings (SSSR count). The van der Waals surface area contributed by atoms with E-state index >= 15 is 0 Å². The summed E-state index contributed by atoms with van der Waals surface area (Å²) >= 11 is 5.91. The van der Waals surface area contributed by atoms with Gasteiger partial charge < -0.3 is 5.73 Å². The molecule has 0 atom stereocenters. The summed E-state index contributed by atoms with van der Waals surface area (Å²) < 4.78 is 0. The van der Waals surface area contributed by atoms with Gasteiger partial charge in [-0.15, -0.1) is 0 Å². The van der Waals surface area contributed by atoms with Crippen LogP contribution < -0.4 is 5.73 Å². The van der Waals surface area contributed by atoms with Crippen LogP contribution in [0, 0.1) is 6.92 Å². The number of rotatable bonds is 2. The smallest absolute Gasteiger partial charge is 0.163 e. The number of hydrogen-bond donors (Lipinski definition) is 1. The van der Waals surface area contributed by atoms with Gasteiger partial charge in [0.1, 0.15) is 11.6 Å². The van der Waals surface area contributed by atoms with E-state index in [1.807, 2.05) is 31.2 Å². The maximum absolute atomic E-state index is 5.91. The standard InChI is InChI=1S/C11H11ClN4/c1-7-14-10(6-13)16-11(15-7)8-3-2-4-9(12)5-8/h2-5H,6,13H2,1H3. The van der Waals surface area contributed by atoms with Crippen LogP contribution in [0.25, 0.3) is 11.4 Å². The van der Waals surface area contributed by atoms with Crippen molar-refractivity contribution in [1.82, 2.24) is 15.0 Å². The van der Waals surface area contributed by atoms with Crippen molar-refractivity contribution in [2.45, 2.75) is 13.5 Å². The second-order valence-corrected chi connectivity index (χ2v) is 3.77. The molecule has 0 spiro atoms. The number of aryl methyl sites for hydroxylation is 1. The lowest BCUT2D eigenvalue weighted by atomic mass is 10.2. The average molecular weight is 235 g/mol. The van der Waals surface area contributed by atoms with Crippen LogP contribution in [0.5, 0.6) is 0 Å². The lowest BCUT2D eigenvalue weighted by Gasteiger charge is -2.03. The zero-order chi connectivity index (χ0) is 11.5. The highest BCUT2D eigenvalue weighted by atomic mass is 35.5. The molecule has 5 heteroatoms. The van der Waals surface area contributed by atoms with Crippen molar-refractivity contribution in [3.05, 3.63) is 40.9 Å². The van der Waals surface area contributed by atoms with E-state index in [0.717, 1.165) is 5.56 Å². The van der Waals surface area contributed by atoms with Crippen LogP contribution in [0.1, 0.15) is 11.6 Å². The number of hydrogen-bond acceptors (Lipinski definition) is 4. The fourth-order valence-corrected chi connectivity index (χ4v) is 1.58. The second-order valence-electron chi connectivity index (χ2n) is 3.34. The van der Waals surface area contributed by atoms with E-state index in [1.165, 1.54) is 0 Å². The molecule has 0 aliphatic carbocycles. The van der Waals surface area contributed by atoms with Crippen LogP contribution in [-0.2, 0) is 6.54 Å². The normalized spacial score (nSPS) is 10.4. The highest BCUT2D eigenvalue weighted by Crippen LogP contribution is 2.19. The molecule has 0 radical (unpaired) electrons. The third-order valence-corrected chi connectivity index (χ3v) is 2.29. The van der Waals surface area contributed by atoms with Crippen molar-refractivity contribution in [2.75, 3.05) is 0 Å². The molecule has 2 N–H and O–H groups in total. The van der Waals surface area contributed by atoms with Gasteiger partial charge in [-0.2, -0.15) is 0 Å². The molecule has 2 aromatic rings. The van der Waals surface area contributed by atoms with Crippen molar-refractivity contribution in [3.8, 4) is 11.4 Å². The van der Waals surface area contributed by atoms with E-state index in [-0.39, 0.29) is 0 Å². The predicted octanol–water partition coefficient (Wildman–Crippen LogP) is 1.96. The fraction of sp³-hybridized carbons (Fsp3) is 0.182. The van der Waals surface area contributed by atoms with Gasteiger partial charge in [-0.25, -0.2) is 15.0 Å². The number of aromatic nitrogens is 3. The zero-order valence-corrected chi connectivity index (χ0v) is 9.57. The summed E-state index contributed by atoms with van der Waals surface area (Å²) in [5, 5.41) is 0.657. The third-order valence-electron chi connectivity index (χ3n) is 2.06. The second kappa shape index (κ2) is 4.55. The summed E-state index contributed by atoms with van der Waals surface area (Å²) in [6.45, 7) is 2.12. The number of nitrogens with two attached hydrogens (primary N) is 1. The molecule has 0 amide bonds. The van der Waals surface area contributed by atoms with Crippen molar-refractivity contribution in [2.24, 2.45) is 5.73 Å². The molecular weight excluding hydrogens is 224 g/mol. The quantitative estimate of drug-likeness (QED) is 0.863. The van der Waals surface area contributed by atoms with Gasteiger partial charge in [0.05, 0.1) is 6.54 Å². The van der Waals surface area contributed by atoms with Gasteiger partial charge in [0.15, 0.2) is 5.82 Å². The minimum atomic E-state index is 0.303. The minimum absolute atomic E-state index is 0.303. The molecule has 4 nitrogen and oxygen atoms in total. The minimum Gasteiger partial charge on any atom is -0.324 e. The molecule has 0 bridgehead atoms. The third kappa shape index (κ3) is 2.35. The summed E-state index contributed by atoms with van der Waals surface area (Å²) in [5.74, 6) is 1.85. The molecule has 1 aromatic heterocycles. The molecule has 16 heavy (non-hydrogen) atoms. The molecule has 0 unspecified atom stereocenters. The monoisotopic (exact) mass is 234 g/mol. The number of benzene rings is 1. The number of halogens is 1. The van der Waals surface area contributed by atoms with Crippen molar-refractivity contribution >= 4 is 11.6 Å². The van der Waals surface area contributed by atoms with Crippen LogP contribution in [0.15, 0.2) is 24.3 Å². The van der Waals surface area contributed by atoms with Gasteiger partial charge in [-0.05, 0) is 19.1 Å². The highest BCUT2D eigenvalue weighted by Gasteiger charge is 2.05. The van der Waals surface area contributed by atoms with E-state index in [0.29, 0.717) is 29.0 Å². The van der Waals surface area contributed by atoms with E-state index in [4.69, 9.17) is 17.3 Å². The van der Waals surface area contributed by atoms with Gasteiger partial charge in [0.25, 0.3) is 0 Å². The Balaban J connectivity index is 2.51. The van der Waals surface area contributed by atoms with Crippen LogP contribution in [0.3, 0.4) is 0 Å². The van der Waals surface area contributed by atoms with Gasteiger partial charge in [-0.1, -0.05) is 23.7 Å². The van der Waals surface area contributed by atoms with Gasteiger partial charge in [0.2, 0.25) is 0 Å². The van der Waals surface area contributed by atoms with Gasteiger partial charge >= 0.3 is 0 Å². The lowest BCUT2D eigenvalue weighted by Crippen LogP contribution is -2.07. The average Bonchev–Trinajstić information content (AvgIpc) is 2.28. The van der Waals surface area contributed by atoms with E-state index in [2.05, 4.69) is 15.0 Å².